The molecule has 2 aromatic heterocycles. The second-order valence-electron chi connectivity index (χ2n) is 6.59. The largest absolute Gasteiger partial charge is 0.349 e. The molecule has 1 saturated heterocycles. The van der Waals surface area contributed by atoms with Gasteiger partial charge in [0.15, 0.2) is 0 Å². The van der Waals surface area contributed by atoms with Gasteiger partial charge >= 0.3 is 0 Å². The van der Waals surface area contributed by atoms with Crippen LogP contribution in [0.25, 0.3) is 0 Å². The highest BCUT2D eigenvalue weighted by Crippen LogP contribution is 2.29. The van der Waals surface area contributed by atoms with E-state index in [4.69, 9.17) is 0 Å². The van der Waals surface area contributed by atoms with Crippen molar-refractivity contribution in [3.05, 3.63) is 44.3 Å². The first-order chi connectivity index (χ1) is 11.7. The van der Waals surface area contributed by atoms with E-state index in [0.717, 1.165) is 35.9 Å². The standard InChI is InChI=1S/C19H26N2OS2/c1-3-15-8-12-24-18(15)19(22)20-13-16(17-5-4-11-23-17)21-9-6-14(2)7-10-21/h4-5,8,11-12,14,16H,3,6-7,9-10,13H2,1-2H3,(H,20,22). The molecular weight excluding hydrogens is 336 g/mol. The van der Waals surface area contributed by atoms with Gasteiger partial charge in [0.05, 0.1) is 10.9 Å². The molecule has 0 radical (unpaired) electrons. The van der Waals surface area contributed by atoms with Gasteiger partial charge in [-0.1, -0.05) is 19.9 Å². The van der Waals surface area contributed by atoms with Crippen LogP contribution in [0.3, 0.4) is 0 Å². The molecule has 0 saturated carbocycles. The first kappa shape index (κ1) is 17.6. The Morgan fingerprint density at radius 3 is 2.75 bits per heavy atom. The zero-order valence-electron chi connectivity index (χ0n) is 14.5. The summed E-state index contributed by atoms with van der Waals surface area (Å²) in [6, 6.07) is 6.66. The number of carbonyl (C=O) groups excluding carboxylic acids is 1. The van der Waals surface area contributed by atoms with Gasteiger partial charge in [0, 0.05) is 11.4 Å². The third-order valence-electron chi connectivity index (χ3n) is 4.92. The van der Waals surface area contributed by atoms with Crippen LogP contribution in [0.2, 0.25) is 0 Å². The first-order valence-electron chi connectivity index (χ1n) is 8.81. The molecule has 3 heterocycles. The van der Waals surface area contributed by atoms with E-state index in [0.29, 0.717) is 12.6 Å². The zero-order valence-corrected chi connectivity index (χ0v) is 16.1. The maximum atomic E-state index is 12.6. The lowest BCUT2D eigenvalue weighted by atomic mass is 9.97. The summed E-state index contributed by atoms with van der Waals surface area (Å²) in [4.78, 5) is 17.3. The molecule has 24 heavy (non-hydrogen) atoms. The third-order valence-corrected chi connectivity index (χ3v) is 6.85. The highest BCUT2D eigenvalue weighted by atomic mass is 32.1. The summed E-state index contributed by atoms with van der Waals surface area (Å²) < 4.78 is 0. The summed E-state index contributed by atoms with van der Waals surface area (Å²) in [5.41, 5.74) is 1.15. The van der Waals surface area contributed by atoms with Crippen LogP contribution in [0.4, 0.5) is 0 Å². The van der Waals surface area contributed by atoms with Gasteiger partial charge in [-0.3, -0.25) is 9.69 Å². The lowest BCUT2D eigenvalue weighted by molar-refractivity contribution is 0.0918. The summed E-state index contributed by atoms with van der Waals surface area (Å²) in [5.74, 6) is 0.895. The van der Waals surface area contributed by atoms with Crippen molar-refractivity contribution in [3.8, 4) is 0 Å². The van der Waals surface area contributed by atoms with Crippen molar-refractivity contribution in [2.75, 3.05) is 19.6 Å². The molecule has 1 fully saturated rings. The van der Waals surface area contributed by atoms with Gasteiger partial charge in [0.25, 0.3) is 5.91 Å². The Bertz CT molecular complexity index is 642. The number of nitrogens with zero attached hydrogens (tertiary/aromatic N) is 1. The van der Waals surface area contributed by atoms with Crippen LogP contribution in [0.1, 0.15) is 52.8 Å². The number of carbonyl (C=O) groups is 1. The average Bonchev–Trinajstić information content (AvgIpc) is 3.27. The van der Waals surface area contributed by atoms with E-state index in [1.54, 1.807) is 22.7 Å². The SMILES string of the molecule is CCc1ccsc1C(=O)NCC(c1cccs1)N1CCC(C)CC1. The quantitative estimate of drug-likeness (QED) is 0.816. The van der Waals surface area contributed by atoms with Crippen molar-refractivity contribution < 1.29 is 4.79 Å². The van der Waals surface area contributed by atoms with Gasteiger partial charge in [0.2, 0.25) is 0 Å². The van der Waals surface area contributed by atoms with Gasteiger partial charge in [-0.05, 0) is 66.7 Å². The molecule has 0 bridgehead atoms. The number of hydrogen-bond donors (Lipinski definition) is 1. The number of hydrogen-bond acceptors (Lipinski definition) is 4. The Labute approximate surface area is 152 Å². The van der Waals surface area contributed by atoms with E-state index in [1.165, 1.54) is 17.7 Å². The molecule has 1 aliphatic rings. The van der Waals surface area contributed by atoms with Crippen molar-refractivity contribution >= 4 is 28.6 Å². The van der Waals surface area contributed by atoms with Crippen LogP contribution in [0.5, 0.6) is 0 Å². The molecule has 0 aliphatic carbocycles. The molecule has 1 atom stereocenters. The lowest BCUT2D eigenvalue weighted by Gasteiger charge is -2.36. The molecule has 2 aromatic rings. The summed E-state index contributed by atoms with van der Waals surface area (Å²) in [6.07, 6.45) is 3.41. The van der Waals surface area contributed by atoms with Crippen molar-refractivity contribution in [2.24, 2.45) is 5.92 Å². The third kappa shape index (κ3) is 4.08. The van der Waals surface area contributed by atoms with Crippen LogP contribution in [-0.2, 0) is 6.42 Å². The number of piperidine rings is 1. The van der Waals surface area contributed by atoms with E-state index in [2.05, 4.69) is 47.6 Å². The lowest BCUT2D eigenvalue weighted by Crippen LogP contribution is -2.41. The van der Waals surface area contributed by atoms with Gasteiger partial charge in [-0.25, -0.2) is 0 Å². The number of aryl methyl sites for hydroxylation is 1. The van der Waals surface area contributed by atoms with Gasteiger partial charge in [-0.2, -0.15) is 0 Å². The van der Waals surface area contributed by atoms with Crippen LogP contribution in [0.15, 0.2) is 29.0 Å². The molecule has 1 aliphatic heterocycles. The fourth-order valence-corrected chi connectivity index (χ4v) is 5.09. The molecule has 0 aromatic carbocycles. The van der Waals surface area contributed by atoms with E-state index in [-0.39, 0.29) is 5.91 Å². The number of thiophene rings is 2. The predicted octanol–water partition coefficient (Wildman–Crippen LogP) is 4.58. The Morgan fingerprint density at radius 1 is 1.29 bits per heavy atom. The Kier molecular flexibility index (Phi) is 6.09. The molecule has 1 amide bonds. The van der Waals surface area contributed by atoms with Crippen LogP contribution in [-0.4, -0.2) is 30.4 Å². The average molecular weight is 363 g/mol. The van der Waals surface area contributed by atoms with Gasteiger partial charge in [-0.15, -0.1) is 22.7 Å². The monoisotopic (exact) mass is 362 g/mol. The number of likely N-dealkylation sites (tertiary alicyclic amines) is 1. The molecule has 1 N–H and O–H groups in total. The topological polar surface area (TPSA) is 32.3 Å². The molecule has 5 heteroatoms. The fraction of sp³-hybridized carbons (Fsp3) is 0.526. The van der Waals surface area contributed by atoms with Crippen LogP contribution >= 0.6 is 22.7 Å². The summed E-state index contributed by atoms with van der Waals surface area (Å²) >= 11 is 3.34. The summed E-state index contributed by atoms with van der Waals surface area (Å²) in [5, 5.41) is 7.33. The molecule has 1 unspecified atom stereocenters. The molecular formula is C19H26N2OS2. The maximum Gasteiger partial charge on any atom is 0.261 e. The second kappa shape index (κ2) is 8.28. The highest BCUT2D eigenvalue weighted by Gasteiger charge is 2.26. The molecule has 0 spiro atoms. The normalized spacial score (nSPS) is 17.8. The summed E-state index contributed by atoms with van der Waals surface area (Å²) in [7, 11) is 0. The number of nitrogens with one attached hydrogen (secondary N) is 1. The van der Waals surface area contributed by atoms with E-state index >= 15 is 0 Å². The maximum absolute atomic E-state index is 12.6. The molecule has 3 rings (SSSR count). The predicted molar refractivity (Wildman–Crippen MR) is 103 cm³/mol. The second-order valence-corrected chi connectivity index (χ2v) is 8.48. The Hall–Kier alpha value is -1.17. The first-order valence-corrected chi connectivity index (χ1v) is 10.6. The van der Waals surface area contributed by atoms with E-state index in [9.17, 15) is 4.79 Å². The number of rotatable bonds is 6. The minimum atomic E-state index is 0.0776. The number of amides is 1. The van der Waals surface area contributed by atoms with Crippen LogP contribution in [0, 0.1) is 5.92 Å². The van der Waals surface area contributed by atoms with E-state index in [1.807, 2.05) is 5.38 Å². The fourth-order valence-electron chi connectivity index (χ4n) is 3.31. The van der Waals surface area contributed by atoms with E-state index < -0.39 is 0 Å². The van der Waals surface area contributed by atoms with Gasteiger partial charge < -0.3 is 5.32 Å². The Morgan fingerprint density at radius 2 is 2.08 bits per heavy atom. The van der Waals surface area contributed by atoms with Crippen LogP contribution < -0.4 is 5.32 Å². The minimum absolute atomic E-state index is 0.0776. The van der Waals surface area contributed by atoms with Crippen molar-refractivity contribution in [2.45, 2.75) is 39.2 Å². The highest BCUT2D eigenvalue weighted by molar-refractivity contribution is 7.12. The van der Waals surface area contributed by atoms with Crippen molar-refractivity contribution in [1.29, 1.82) is 0 Å². The minimum Gasteiger partial charge on any atom is -0.349 e. The molecule has 130 valence electrons. The van der Waals surface area contributed by atoms with Crippen molar-refractivity contribution in [1.82, 2.24) is 10.2 Å². The summed E-state index contributed by atoms with van der Waals surface area (Å²) in [6.45, 7) is 7.37. The van der Waals surface area contributed by atoms with Gasteiger partial charge in [0.1, 0.15) is 0 Å². The Balaban J connectivity index is 1.67. The zero-order chi connectivity index (χ0) is 16.9. The molecule has 3 nitrogen and oxygen atoms in total. The van der Waals surface area contributed by atoms with Crippen molar-refractivity contribution in [3.63, 3.8) is 0 Å². The smallest absolute Gasteiger partial charge is 0.261 e.